The number of hydrogen-bond acceptors (Lipinski definition) is 9. The molecule has 0 unspecified atom stereocenters. The lowest BCUT2D eigenvalue weighted by atomic mass is 9.93. The third-order valence-corrected chi connectivity index (χ3v) is 7.72. The lowest BCUT2D eigenvalue weighted by Crippen LogP contribution is -2.39. The van der Waals surface area contributed by atoms with E-state index in [0.717, 1.165) is 48.0 Å². The first-order chi connectivity index (χ1) is 22.8. The number of nitrogens with zero attached hydrogens (tertiary/aromatic N) is 4. The highest BCUT2D eigenvalue weighted by atomic mass is 19.4. The van der Waals surface area contributed by atoms with Crippen molar-refractivity contribution in [3.63, 3.8) is 0 Å². The fraction of sp³-hybridized carbons (Fsp3) is 0.312. The van der Waals surface area contributed by atoms with Crippen LogP contribution < -0.4 is 16.0 Å². The monoisotopic (exact) mass is 669 g/mol. The van der Waals surface area contributed by atoms with Crippen molar-refractivity contribution in [3.05, 3.63) is 83.1 Å². The SMILES string of the molecule is Cc1cc(C(=O)N2CCC(CC(=O)Nc3ccc4cc3CCc3cccc(c3)Nc3ncc(F)c(n3)N4)CC2)no1.O=C(O)C(F)(F)F. The molecule has 1 saturated heterocycles. The van der Waals surface area contributed by atoms with E-state index in [0.29, 0.717) is 43.1 Å². The van der Waals surface area contributed by atoms with Crippen LogP contribution in [-0.4, -0.2) is 62.2 Å². The van der Waals surface area contributed by atoms with Crippen molar-refractivity contribution in [2.24, 2.45) is 5.92 Å². The zero-order valence-corrected chi connectivity index (χ0v) is 25.6. The summed E-state index contributed by atoms with van der Waals surface area (Å²) in [6.45, 7) is 2.90. The zero-order chi connectivity index (χ0) is 34.4. The van der Waals surface area contributed by atoms with Gasteiger partial charge in [-0.1, -0.05) is 17.3 Å². The molecule has 2 aliphatic rings. The number of aliphatic carboxylic acids is 1. The normalized spacial score (nSPS) is 14.5. The number of fused-ring (bicyclic) bond motifs is 6. The number of likely N-dealkylation sites (tertiary alicyclic amines) is 1. The molecule has 2 amide bonds. The molecule has 48 heavy (non-hydrogen) atoms. The molecule has 6 rings (SSSR count). The molecule has 252 valence electrons. The standard InChI is InChI=1S/C30H30FN7O3.C2HF3O2/c1-18-13-26(37-41-18)29(40)38-11-9-20(10-12-38)15-27(39)35-25-8-7-23-16-21(25)6-5-19-3-2-4-22(14-19)34-30-32-17-24(31)28(33-23)36-30;3-2(4,5)1(6)7/h2-4,7-8,13-14,16-17,20H,5-6,9-12,15H2,1H3,(H,35,39)(H2,32,33,34,36);(H,6,7). The highest BCUT2D eigenvalue weighted by molar-refractivity contribution is 5.93. The molecule has 2 aliphatic heterocycles. The predicted octanol–water partition coefficient (Wildman–Crippen LogP) is 6.01. The Balaban J connectivity index is 0.000000582. The number of nitrogens with one attached hydrogen (secondary N) is 3. The van der Waals surface area contributed by atoms with Crippen molar-refractivity contribution in [3.8, 4) is 0 Å². The summed E-state index contributed by atoms with van der Waals surface area (Å²) in [5.41, 5.74) is 4.54. The Morgan fingerprint density at radius 2 is 1.77 bits per heavy atom. The van der Waals surface area contributed by atoms with Crippen LogP contribution in [0.1, 0.15) is 46.6 Å². The van der Waals surface area contributed by atoms with E-state index in [1.54, 1.807) is 24.0 Å². The number of halogens is 4. The molecule has 2 aromatic carbocycles. The number of carbonyl (C=O) groups is 3. The van der Waals surface area contributed by atoms with Crippen molar-refractivity contribution in [2.75, 3.05) is 29.0 Å². The van der Waals surface area contributed by atoms with Crippen molar-refractivity contribution in [1.29, 1.82) is 0 Å². The van der Waals surface area contributed by atoms with Crippen LogP contribution in [0.25, 0.3) is 0 Å². The lowest BCUT2D eigenvalue weighted by Gasteiger charge is -2.31. The maximum atomic E-state index is 14.5. The topological polar surface area (TPSA) is 163 Å². The summed E-state index contributed by atoms with van der Waals surface area (Å²) in [6, 6.07) is 15.1. The van der Waals surface area contributed by atoms with Gasteiger partial charge in [-0.3, -0.25) is 9.59 Å². The summed E-state index contributed by atoms with van der Waals surface area (Å²) in [4.78, 5) is 44.8. The summed E-state index contributed by atoms with van der Waals surface area (Å²) < 4.78 is 51.3. The minimum Gasteiger partial charge on any atom is -0.475 e. The van der Waals surface area contributed by atoms with Crippen LogP contribution >= 0.6 is 0 Å². The molecule has 6 bridgehead atoms. The fourth-order valence-corrected chi connectivity index (χ4v) is 5.30. The van der Waals surface area contributed by atoms with E-state index in [1.165, 1.54) is 0 Å². The van der Waals surface area contributed by atoms with E-state index in [9.17, 15) is 27.2 Å². The average molecular weight is 670 g/mol. The summed E-state index contributed by atoms with van der Waals surface area (Å²) in [7, 11) is 0. The first-order valence-electron chi connectivity index (χ1n) is 14.9. The number of hydrogen-bond donors (Lipinski definition) is 4. The summed E-state index contributed by atoms with van der Waals surface area (Å²) in [5, 5.41) is 20.2. The smallest absolute Gasteiger partial charge is 0.475 e. The van der Waals surface area contributed by atoms with E-state index in [4.69, 9.17) is 14.4 Å². The number of anilines is 5. The number of aromatic nitrogens is 3. The number of piperidine rings is 1. The number of aryl methyl sites for hydroxylation is 3. The van der Waals surface area contributed by atoms with Gasteiger partial charge in [0.05, 0.1) is 6.20 Å². The molecule has 16 heteroatoms. The van der Waals surface area contributed by atoms with Crippen molar-refractivity contribution in [2.45, 2.75) is 45.2 Å². The summed E-state index contributed by atoms with van der Waals surface area (Å²) in [6.07, 6.45) is -0.695. The molecule has 12 nitrogen and oxygen atoms in total. The summed E-state index contributed by atoms with van der Waals surface area (Å²) in [5.74, 6) is -2.41. The number of carbonyl (C=O) groups excluding carboxylic acids is 2. The Morgan fingerprint density at radius 3 is 2.46 bits per heavy atom. The van der Waals surface area contributed by atoms with E-state index >= 15 is 0 Å². The molecule has 1 fully saturated rings. The number of alkyl halides is 3. The van der Waals surface area contributed by atoms with Gasteiger partial charge in [0.1, 0.15) is 5.76 Å². The Kier molecular flexibility index (Phi) is 10.2. The van der Waals surface area contributed by atoms with Gasteiger partial charge in [0.2, 0.25) is 11.9 Å². The molecule has 0 spiro atoms. The van der Waals surface area contributed by atoms with Crippen LogP contribution in [0.3, 0.4) is 0 Å². The zero-order valence-electron chi connectivity index (χ0n) is 25.6. The quantitative estimate of drug-likeness (QED) is 0.189. The van der Waals surface area contributed by atoms with Crippen LogP contribution in [0.2, 0.25) is 0 Å². The van der Waals surface area contributed by atoms with Gasteiger partial charge in [0, 0.05) is 42.6 Å². The van der Waals surface area contributed by atoms with E-state index < -0.39 is 18.0 Å². The van der Waals surface area contributed by atoms with Crippen LogP contribution in [0, 0.1) is 18.7 Å². The Labute approximate surface area is 271 Å². The molecule has 2 aromatic heterocycles. The highest BCUT2D eigenvalue weighted by Gasteiger charge is 2.38. The van der Waals surface area contributed by atoms with Crippen LogP contribution in [0.15, 0.2) is 59.3 Å². The number of carboxylic acid groups (broad SMARTS) is 1. The third kappa shape index (κ3) is 8.83. The average Bonchev–Trinajstić information content (AvgIpc) is 3.48. The minimum absolute atomic E-state index is 0.0594. The van der Waals surface area contributed by atoms with Crippen LogP contribution in [-0.2, 0) is 22.4 Å². The molecular weight excluding hydrogens is 638 g/mol. The van der Waals surface area contributed by atoms with Gasteiger partial charge in [-0.25, -0.2) is 14.2 Å². The second kappa shape index (κ2) is 14.5. The number of amides is 2. The predicted molar refractivity (Wildman–Crippen MR) is 166 cm³/mol. The third-order valence-electron chi connectivity index (χ3n) is 7.72. The van der Waals surface area contributed by atoms with E-state index in [2.05, 4.69) is 31.1 Å². The fourth-order valence-electron chi connectivity index (χ4n) is 5.30. The van der Waals surface area contributed by atoms with E-state index in [-0.39, 0.29) is 29.5 Å². The van der Waals surface area contributed by atoms with Gasteiger partial charge in [-0.2, -0.15) is 18.2 Å². The maximum Gasteiger partial charge on any atom is 0.490 e. The molecule has 0 radical (unpaired) electrons. The van der Waals surface area contributed by atoms with Gasteiger partial charge in [-0.05, 0) is 80.0 Å². The van der Waals surface area contributed by atoms with Crippen molar-refractivity contribution >= 4 is 46.6 Å². The highest BCUT2D eigenvalue weighted by Crippen LogP contribution is 2.29. The molecule has 0 aliphatic carbocycles. The first kappa shape index (κ1) is 33.8. The number of benzene rings is 2. The van der Waals surface area contributed by atoms with Crippen LogP contribution in [0.4, 0.5) is 46.4 Å². The number of rotatable bonds is 4. The van der Waals surface area contributed by atoms with Gasteiger partial charge >= 0.3 is 12.1 Å². The summed E-state index contributed by atoms with van der Waals surface area (Å²) >= 11 is 0. The van der Waals surface area contributed by atoms with E-state index in [1.807, 2.05) is 36.4 Å². The Bertz CT molecular complexity index is 1810. The van der Waals surface area contributed by atoms with Gasteiger partial charge in [0.25, 0.3) is 5.91 Å². The molecule has 4 heterocycles. The van der Waals surface area contributed by atoms with Gasteiger partial charge < -0.3 is 30.5 Å². The second-order valence-corrected chi connectivity index (χ2v) is 11.3. The second-order valence-electron chi connectivity index (χ2n) is 11.3. The van der Waals surface area contributed by atoms with Crippen molar-refractivity contribution < 1.29 is 41.6 Å². The van der Waals surface area contributed by atoms with Gasteiger partial charge in [0.15, 0.2) is 17.3 Å². The molecular formula is C32H31F4N7O5. The molecule has 0 saturated carbocycles. The first-order valence-corrected chi connectivity index (χ1v) is 14.9. The molecule has 4 N–H and O–H groups in total. The Hall–Kier alpha value is -5.54. The van der Waals surface area contributed by atoms with Crippen LogP contribution in [0.5, 0.6) is 0 Å². The minimum atomic E-state index is -5.08. The maximum absolute atomic E-state index is 14.5. The lowest BCUT2D eigenvalue weighted by molar-refractivity contribution is -0.192. The largest absolute Gasteiger partial charge is 0.490 e. The Morgan fingerprint density at radius 1 is 1.04 bits per heavy atom. The van der Waals surface area contributed by atoms with Gasteiger partial charge in [-0.15, -0.1) is 0 Å². The van der Waals surface area contributed by atoms with Crippen molar-refractivity contribution in [1.82, 2.24) is 20.0 Å². The molecule has 0 atom stereocenters. The number of carboxylic acids is 1. The molecule has 4 aromatic rings.